The molecule has 1 N–H and O–H groups in total. The Morgan fingerprint density at radius 2 is 1.65 bits per heavy atom. The van der Waals surface area contributed by atoms with Crippen LogP contribution in [0.2, 0.25) is 0 Å². The third kappa shape index (κ3) is 4.10. The quantitative estimate of drug-likeness (QED) is 0.508. The van der Waals surface area contributed by atoms with Gasteiger partial charge in [0.15, 0.2) is 0 Å². The molecule has 0 aromatic heterocycles. The SMILES string of the molecule is CCCCCCCCS(=O)(=O)O[C@@H]1CC2CC(C2(C)C)[C@]1(C)O. The van der Waals surface area contributed by atoms with Crippen LogP contribution < -0.4 is 0 Å². The fourth-order valence-corrected chi connectivity index (χ4v) is 5.83. The predicted molar refractivity (Wildman–Crippen MR) is 92.7 cm³/mol. The number of hydrogen-bond acceptors (Lipinski definition) is 4. The molecule has 3 saturated carbocycles. The van der Waals surface area contributed by atoms with Crippen LogP contribution in [0.1, 0.15) is 79.1 Å². The van der Waals surface area contributed by atoms with E-state index < -0.39 is 21.8 Å². The average molecular weight is 347 g/mol. The average Bonchev–Trinajstić information content (AvgIpc) is 2.43. The summed E-state index contributed by atoms with van der Waals surface area (Å²) in [6, 6.07) is 0. The molecule has 5 heteroatoms. The minimum atomic E-state index is -3.55. The van der Waals surface area contributed by atoms with E-state index in [9.17, 15) is 13.5 Å². The summed E-state index contributed by atoms with van der Waals surface area (Å²) in [7, 11) is -3.55. The molecule has 136 valence electrons. The fraction of sp³-hybridized carbons (Fsp3) is 1.00. The van der Waals surface area contributed by atoms with E-state index in [1.54, 1.807) is 6.92 Å². The second kappa shape index (κ2) is 7.01. The van der Waals surface area contributed by atoms with Gasteiger partial charge < -0.3 is 5.11 Å². The summed E-state index contributed by atoms with van der Waals surface area (Å²) >= 11 is 0. The smallest absolute Gasteiger partial charge is 0.267 e. The summed E-state index contributed by atoms with van der Waals surface area (Å²) in [6.07, 6.45) is 7.30. The molecule has 3 aliphatic carbocycles. The molecule has 4 atom stereocenters. The first-order valence-corrected chi connectivity index (χ1v) is 10.8. The van der Waals surface area contributed by atoms with Gasteiger partial charge in [0.25, 0.3) is 10.1 Å². The molecule has 23 heavy (non-hydrogen) atoms. The van der Waals surface area contributed by atoms with Gasteiger partial charge in [0.2, 0.25) is 0 Å². The third-order valence-electron chi connectivity index (χ3n) is 6.34. The van der Waals surface area contributed by atoms with Crippen LogP contribution in [0, 0.1) is 17.3 Å². The normalized spacial score (nSPS) is 35.8. The van der Waals surface area contributed by atoms with Crippen molar-refractivity contribution < 1.29 is 17.7 Å². The molecule has 3 fully saturated rings. The van der Waals surface area contributed by atoms with Crippen molar-refractivity contribution in [1.29, 1.82) is 0 Å². The topological polar surface area (TPSA) is 63.6 Å². The van der Waals surface area contributed by atoms with Crippen molar-refractivity contribution in [2.45, 2.75) is 90.8 Å². The Labute approximate surface area is 142 Å². The van der Waals surface area contributed by atoms with E-state index >= 15 is 0 Å². The summed E-state index contributed by atoms with van der Waals surface area (Å²) in [5.74, 6) is 0.662. The minimum absolute atomic E-state index is 0.0738. The van der Waals surface area contributed by atoms with Crippen molar-refractivity contribution in [3.8, 4) is 0 Å². The maximum atomic E-state index is 12.2. The molecule has 4 nitrogen and oxygen atoms in total. The van der Waals surface area contributed by atoms with Gasteiger partial charge in [-0.3, -0.25) is 4.18 Å². The first-order valence-electron chi connectivity index (χ1n) is 9.24. The van der Waals surface area contributed by atoms with E-state index in [0.717, 1.165) is 19.3 Å². The number of fused-ring (bicyclic) bond motifs is 2. The first-order chi connectivity index (χ1) is 10.6. The highest BCUT2D eigenvalue weighted by Crippen LogP contribution is 2.63. The van der Waals surface area contributed by atoms with Crippen LogP contribution in [0.4, 0.5) is 0 Å². The Morgan fingerprint density at radius 1 is 1.04 bits per heavy atom. The molecule has 0 aromatic carbocycles. The van der Waals surface area contributed by atoms with Crippen LogP contribution in [0.5, 0.6) is 0 Å². The number of hydrogen-bond donors (Lipinski definition) is 1. The molecule has 0 saturated heterocycles. The van der Waals surface area contributed by atoms with Gasteiger partial charge in [-0.05, 0) is 43.4 Å². The van der Waals surface area contributed by atoms with Gasteiger partial charge in [-0.2, -0.15) is 8.42 Å². The standard InChI is InChI=1S/C18H34O4S/c1-5-6-7-8-9-10-11-23(20,21)22-16-13-14-12-15(17(14,2)3)18(16,4)19/h14-16,19H,5-13H2,1-4H3/t14?,15?,16-,18+/m1/s1. The lowest BCUT2D eigenvalue weighted by atomic mass is 9.43. The lowest BCUT2D eigenvalue weighted by Gasteiger charge is -2.64. The zero-order valence-corrected chi connectivity index (χ0v) is 16.0. The molecule has 2 bridgehead atoms. The van der Waals surface area contributed by atoms with Crippen LogP contribution in [0.3, 0.4) is 0 Å². The van der Waals surface area contributed by atoms with Gasteiger partial charge in [0.1, 0.15) is 6.10 Å². The number of unbranched alkanes of at least 4 members (excludes halogenated alkanes) is 5. The molecule has 3 rings (SSSR count). The predicted octanol–water partition coefficient (Wildman–Crippen LogP) is 3.88. The molecular formula is C18H34O4S. The van der Waals surface area contributed by atoms with E-state index in [2.05, 4.69) is 20.8 Å². The van der Waals surface area contributed by atoms with Crippen molar-refractivity contribution >= 4 is 10.1 Å². The van der Waals surface area contributed by atoms with Gasteiger partial charge >= 0.3 is 0 Å². The second-order valence-electron chi connectivity index (χ2n) is 8.38. The summed E-state index contributed by atoms with van der Waals surface area (Å²) in [5, 5.41) is 10.8. The van der Waals surface area contributed by atoms with Crippen LogP contribution >= 0.6 is 0 Å². The molecule has 0 aromatic rings. The Hall–Kier alpha value is -0.130. The van der Waals surface area contributed by atoms with Crippen LogP contribution in [0.15, 0.2) is 0 Å². The van der Waals surface area contributed by atoms with Gasteiger partial charge in [-0.15, -0.1) is 0 Å². The zero-order valence-electron chi connectivity index (χ0n) is 15.2. The maximum Gasteiger partial charge on any atom is 0.267 e. The van der Waals surface area contributed by atoms with E-state index in [0.29, 0.717) is 18.8 Å². The van der Waals surface area contributed by atoms with E-state index in [4.69, 9.17) is 4.18 Å². The summed E-state index contributed by atoms with van der Waals surface area (Å²) in [6.45, 7) is 8.25. The highest BCUT2D eigenvalue weighted by molar-refractivity contribution is 7.86. The van der Waals surface area contributed by atoms with Crippen molar-refractivity contribution in [1.82, 2.24) is 0 Å². The lowest BCUT2D eigenvalue weighted by molar-refractivity contribution is -0.237. The summed E-state index contributed by atoms with van der Waals surface area (Å²) in [4.78, 5) is 0. The Kier molecular flexibility index (Phi) is 5.85. The Morgan fingerprint density at radius 3 is 2.22 bits per heavy atom. The van der Waals surface area contributed by atoms with Gasteiger partial charge in [-0.1, -0.05) is 52.9 Å². The van der Waals surface area contributed by atoms with Crippen LogP contribution in [-0.2, 0) is 14.3 Å². The van der Waals surface area contributed by atoms with E-state index in [-0.39, 0.29) is 17.1 Å². The first kappa shape index (κ1) is 19.2. The third-order valence-corrected chi connectivity index (χ3v) is 7.65. The molecule has 0 heterocycles. The molecule has 0 radical (unpaired) electrons. The highest BCUT2D eigenvalue weighted by atomic mass is 32.2. The van der Waals surface area contributed by atoms with Gasteiger partial charge in [-0.25, -0.2) is 0 Å². The van der Waals surface area contributed by atoms with Crippen molar-refractivity contribution in [2.75, 3.05) is 5.75 Å². The van der Waals surface area contributed by atoms with Gasteiger partial charge in [0.05, 0.1) is 11.4 Å². The maximum absolute atomic E-state index is 12.2. The monoisotopic (exact) mass is 346 g/mol. The minimum Gasteiger partial charge on any atom is -0.387 e. The van der Waals surface area contributed by atoms with E-state index in [1.807, 2.05) is 0 Å². The van der Waals surface area contributed by atoms with Crippen molar-refractivity contribution in [3.05, 3.63) is 0 Å². The molecule has 3 aliphatic rings. The Bertz CT molecular complexity index is 495. The second-order valence-corrected chi connectivity index (χ2v) is 10.1. The molecule has 0 spiro atoms. The lowest BCUT2D eigenvalue weighted by Crippen LogP contribution is -2.67. The van der Waals surface area contributed by atoms with Crippen molar-refractivity contribution in [2.24, 2.45) is 17.3 Å². The van der Waals surface area contributed by atoms with Crippen LogP contribution in [0.25, 0.3) is 0 Å². The molecule has 0 amide bonds. The highest BCUT2D eigenvalue weighted by Gasteiger charge is 2.63. The zero-order chi connectivity index (χ0) is 17.3. The van der Waals surface area contributed by atoms with Crippen molar-refractivity contribution in [3.63, 3.8) is 0 Å². The van der Waals surface area contributed by atoms with Crippen LogP contribution in [-0.4, -0.2) is 31.0 Å². The number of rotatable bonds is 9. The van der Waals surface area contributed by atoms with E-state index in [1.165, 1.54) is 19.3 Å². The summed E-state index contributed by atoms with van der Waals surface area (Å²) in [5.41, 5.74) is -0.959. The molecule has 0 aliphatic heterocycles. The summed E-state index contributed by atoms with van der Waals surface area (Å²) < 4.78 is 29.9. The largest absolute Gasteiger partial charge is 0.387 e. The molecular weight excluding hydrogens is 312 g/mol. The molecule has 2 unspecified atom stereocenters. The number of aliphatic hydroxyl groups is 1. The van der Waals surface area contributed by atoms with Gasteiger partial charge in [0, 0.05) is 0 Å². The fourth-order valence-electron chi connectivity index (χ4n) is 4.55. The Balaban J connectivity index is 1.82.